The molecular formula is C16H16ClNO2. The van der Waals surface area contributed by atoms with E-state index in [2.05, 4.69) is 6.07 Å². The summed E-state index contributed by atoms with van der Waals surface area (Å²) in [4.78, 5) is 10.6. The quantitative estimate of drug-likeness (QED) is 0.464. The second kappa shape index (κ2) is 6.06. The summed E-state index contributed by atoms with van der Waals surface area (Å²) in [5.74, 6) is 0. The summed E-state index contributed by atoms with van der Waals surface area (Å²) < 4.78 is 0. The SMILES string of the molecule is Cc1cc(C)cc(C(Cl)Cc2ccccc2[N+](=O)[O-])c1. The lowest BCUT2D eigenvalue weighted by molar-refractivity contribution is -0.385. The molecule has 0 fully saturated rings. The molecule has 0 heterocycles. The first-order chi connectivity index (χ1) is 9.47. The van der Waals surface area contributed by atoms with Crippen molar-refractivity contribution >= 4 is 17.3 Å². The first kappa shape index (κ1) is 14.5. The maximum atomic E-state index is 11.0. The van der Waals surface area contributed by atoms with Gasteiger partial charge in [0, 0.05) is 11.6 Å². The molecule has 20 heavy (non-hydrogen) atoms. The molecule has 1 atom stereocenters. The Balaban J connectivity index is 2.28. The lowest BCUT2D eigenvalue weighted by Crippen LogP contribution is -2.01. The van der Waals surface area contributed by atoms with Gasteiger partial charge in [0.15, 0.2) is 0 Å². The van der Waals surface area contributed by atoms with Gasteiger partial charge in [-0.1, -0.05) is 47.5 Å². The van der Waals surface area contributed by atoms with E-state index in [-0.39, 0.29) is 16.0 Å². The maximum absolute atomic E-state index is 11.0. The van der Waals surface area contributed by atoms with Crippen molar-refractivity contribution in [3.05, 3.63) is 74.8 Å². The topological polar surface area (TPSA) is 43.1 Å². The van der Waals surface area contributed by atoms with E-state index >= 15 is 0 Å². The molecule has 0 aliphatic rings. The highest BCUT2D eigenvalue weighted by Crippen LogP contribution is 2.30. The molecule has 104 valence electrons. The smallest absolute Gasteiger partial charge is 0.258 e. The summed E-state index contributed by atoms with van der Waals surface area (Å²) in [6.07, 6.45) is 0.446. The molecule has 0 radical (unpaired) electrons. The Hall–Kier alpha value is -1.87. The van der Waals surface area contributed by atoms with E-state index in [1.165, 1.54) is 6.07 Å². The molecular weight excluding hydrogens is 274 g/mol. The summed E-state index contributed by atoms with van der Waals surface area (Å²) in [6.45, 7) is 4.04. The molecule has 0 aliphatic carbocycles. The van der Waals surface area contributed by atoms with Crippen LogP contribution in [0.1, 0.15) is 27.6 Å². The highest BCUT2D eigenvalue weighted by atomic mass is 35.5. The van der Waals surface area contributed by atoms with Crippen LogP contribution >= 0.6 is 11.6 Å². The maximum Gasteiger partial charge on any atom is 0.272 e. The predicted molar refractivity (Wildman–Crippen MR) is 81.3 cm³/mol. The first-order valence-corrected chi connectivity index (χ1v) is 6.85. The second-order valence-corrected chi connectivity index (χ2v) is 5.51. The number of hydrogen-bond donors (Lipinski definition) is 0. The Labute approximate surface area is 123 Å². The fourth-order valence-corrected chi connectivity index (χ4v) is 2.66. The zero-order chi connectivity index (χ0) is 14.7. The van der Waals surface area contributed by atoms with Crippen molar-refractivity contribution in [2.24, 2.45) is 0 Å². The zero-order valence-corrected chi connectivity index (χ0v) is 12.2. The van der Waals surface area contributed by atoms with Gasteiger partial charge >= 0.3 is 0 Å². The summed E-state index contributed by atoms with van der Waals surface area (Å²) in [6, 6.07) is 12.9. The third-order valence-corrected chi connectivity index (χ3v) is 3.60. The standard InChI is InChI=1S/C16H16ClNO2/c1-11-7-12(2)9-14(8-11)15(17)10-13-5-3-4-6-16(13)18(19)20/h3-9,15H,10H2,1-2H3. The molecule has 2 aromatic carbocycles. The second-order valence-electron chi connectivity index (χ2n) is 4.98. The minimum Gasteiger partial charge on any atom is -0.258 e. The minimum atomic E-state index is -0.361. The number of alkyl halides is 1. The van der Waals surface area contributed by atoms with Crippen LogP contribution in [0.15, 0.2) is 42.5 Å². The Morgan fingerprint density at radius 2 is 1.75 bits per heavy atom. The van der Waals surface area contributed by atoms with E-state index in [1.807, 2.05) is 26.0 Å². The largest absolute Gasteiger partial charge is 0.272 e. The molecule has 4 heteroatoms. The molecule has 3 nitrogen and oxygen atoms in total. The van der Waals surface area contributed by atoms with Crippen LogP contribution in [-0.2, 0) is 6.42 Å². The Kier molecular flexibility index (Phi) is 4.40. The fourth-order valence-electron chi connectivity index (χ4n) is 2.36. The Bertz CT molecular complexity index is 620. The Morgan fingerprint density at radius 1 is 1.15 bits per heavy atom. The summed E-state index contributed by atoms with van der Waals surface area (Å²) >= 11 is 6.44. The number of hydrogen-bond acceptors (Lipinski definition) is 2. The first-order valence-electron chi connectivity index (χ1n) is 6.42. The monoisotopic (exact) mass is 289 g/mol. The van der Waals surface area contributed by atoms with Crippen molar-refractivity contribution in [3.8, 4) is 0 Å². The number of nitro groups is 1. The number of halogens is 1. The van der Waals surface area contributed by atoms with Crippen molar-refractivity contribution in [1.29, 1.82) is 0 Å². The van der Waals surface area contributed by atoms with Crippen LogP contribution in [0, 0.1) is 24.0 Å². The molecule has 0 bridgehead atoms. The number of nitro benzene ring substituents is 1. The number of rotatable bonds is 4. The summed E-state index contributed by atoms with van der Waals surface area (Å²) in [5.41, 5.74) is 4.09. The average Bonchev–Trinajstić information content (AvgIpc) is 2.37. The van der Waals surface area contributed by atoms with Crippen LogP contribution in [0.4, 0.5) is 5.69 Å². The van der Waals surface area contributed by atoms with Gasteiger partial charge in [0.2, 0.25) is 0 Å². The van der Waals surface area contributed by atoms with Gasteiger partial charge in [0.1, 0.15) is 0 Å². The van der Waals surface area contributed by atoms with Gasteiger partial charge in [-0.25, -0.2) is 0 Å². The number of benzene rings is 2. The molecule has 0 N–H and O–H groups in total. The van der Waals surface area contributed by atoms with Crippen molar-refractivity contribution < 1.29 is 4.92 Å². The molecule has 0 aromatic heterocycles. The minimum absolute atomic E-state index is 0.127. The van der Waals surface area contributed by atoms with Crippen molar-refractivity contribution in [1.82, 2.24) is 0 Å². The van der Waals surface area contributed by atoms with Crippen LogP contribution in [0.2, 0.25) is 0 Å². The number of para-hydroxylation sites is 1. The average molecular weight is 290 g/mol. The van der Waals surface area contributed by atoms with Crippen LogP contribution in [-0.4, -0.2) is 4.92 Å². The van der Waals surface area contributed by atoms with Crippen LogP contribution in [0.5, 0.6) is 0 Å². The van der Waals surface area contributed by atoms with E-state index in [1.54, 1.807) is 18.2 Å². The molecule has 0 saturated carbocycles. The summed E-state index contributed by atoms with van der Waals surface area (Å²) in [5, 5.41) is 10.7. The molecule has 0 amide bonds. The zero-order valence-electron chi connectivity index (χ0n) is 11.5. The molecule has 2 rings (SSSR count). The van der Waals surface area contributed by atoms with Crippen molar-refractivity contribution in [2.75, 3.05) is 0 Å². The van der Waals surface area contributed by atoms with Gasteiger partial charge < -0.3 is 0 Å². The van der Waals surface area contributed by atoms with Crippen LogP contribution in [0.25, 0.3) is 0 Å². The third-order valence-electron chi connectivity index (χ3n) is 3.19. The highest BCUT2D eigenvalue weighted by molar-refractivity contribution is 6.21. The lowest BCUT2D eigenvalue weighted by atomic mass is 9.99. The summed E-state index contributed by atoms with van der Waals surface area (Å²) in [7, 11) is 0. The van der Waals surface area contributed by atoms with Gasteiger partial charge in [-0.15, -0.1) is 11.6 Å². The van der Waals surface area contributed by atoms with Crippen molar-refractivity contribution in [2.45, 2.75) is 25.6 Å². The number of nitrogens with zero attached hydrogens (tertiary/aromatic N) is 1. The van der Waals surface area contributed by atoms with Gasteiger partial charge in [-0.05, 0) is 25.8 Å². The third kappa shape index (κ3) is 3.36. The lowest BCUT2D eigenvalue weighted by Gasteiger charge is -2.12. The molecule has 2 aromatic rings. The molecule has 0 aliphatic heterocycles. The fraction of sp³-hybridized carbons (Fsp3) is 0.250. The van der Waals surface area contributed by atoms with Gasteiger partial charge in [-0.2, -0.15) is 0 Å². The normalized spacial score (nSPS) is 12.2. The van der Waals surface area contributed by atoms with E-state index in [4.69, 9.17) is 11.6 Å². The van der Waals surface area contributed by atoms with Crippen LogP contribution < -0.4 is 0 Å². The molecule has 1 unspecified atom stereocenters. The van der Waals surface area contributed by atoms with Gasteiger partial charge in [-0.3, -0.25) is 10.1 Å². The van der Waals surface area contributed by atoms with E-state index in [9.17, 15) is 10.1 Å². The van der Waals surface area contributed by atoms with Crippen molar-refractivity contribution in [3.63, 3.8) is 0 Å². The highest BCUT2D eigenvalue weighted by Gasteiger charge is 2.17. The van der Waals surface area contributed by atoms with E-state index in [0.717, 1.165) is 16.7 Å². The predicted octanol–water partition coefficient (Wildman–Crippen LogP) is 4.73. The van der Waals surface area contributed by atoms with Crippen LogP contribution in [0.3, 0.4) is 0 Å². The van der Waals surface area contributed by atoms with E-state index in [0.29, 0.717) is 12.0 Å². The van der Waals surface area contributed by atoms with Gasteiger partial charge in [0.05, 0.1) is 10.3 Å². The molecule has 0 saturated heterocycles. The van der Waals surface area contributed by atoms with Gasteiger partial charge in [0.25, 0.3) is 5.69 Å². The Morgan fingerprint density at radius 3 is 2.35 bits per heavy atom. The number of aryl methyl sites for hydroxylation is 2. The van der Waals surface area contributed by atoms with E-state index < -0.39 is 0 Å². The molecule has 0 spiro atoms.